The summed E-state index contributed by atoms with van der Waals surface area (Å²) in [7, 11) is 0. The van der Waals surface area contributed by atoms with Gasteiger partial charge in [0.2, 0.25) is 0 Å². The molecule has 0 amide bonds. The first-order chi connectivity index (χ1) is 6.93. The highest BCUT2D eigenvalue weighted by atomic mass is 79.9. The van der Waals surface area contributed by atoms with Crippen molar-refractivity contribution in [2.75, 3.05) is 0 Å². The number of hydrogen-bond acceptors (Lipinski definition) is 2. The van der Waals surface area contributed by atoms with E-state index in [0.717, 1.165) is 6.92 Å². The quantitative estimate of drug-likeness (QED) is 0.795. The van der Waals surface area contributed by atoms with E-state index in [4.69, 9.17) is 0 Å². The van der Waals surface area contributed by atoms with E-state index >= 15 is 0 Å². The predicted molar refractivity (Wildman–Crippen MR) is 50.7 cm³/mol. The maximum Gasteiger partial charge on any atom is 0.387 e. The Bertz CT molecular complexity index is 393. The van der Waals surface area contributed by atoms with Gasteiger partial charge in [-0.15, -0.1) is 0 Å². The summed E-state index contributed by atoms with van der Waals surface area (Å²) in [5.74, 6) is -2.30. The van der Waals surface area contributed by atoms with Crippen molar-refractivity contribution in [2.45, 2.75) is 13.5 Å². The molecule has 0 aliphatic heterocycles. The zero-order valence-electron chi connectivity index (χ0n) is 7.56. The summed E-state index contributed by atoms with van der Waals surface area (Å²) in [6.07, 6.45) is 0. The van der Waals surface area contributed by atoms with Crippen LogP contribution >= 0.6 is 15.9 Å². The van der Waals surface area contributed by atoms with Crippen LogP contribution in [0.4, 0.5) is 13.2 Å². The van der Waals surface area contributed by atoms with Crippen molar-refractivity contribution in [3.8, 4) is 5.75 Å². The summed E-state index contributed by atoms with van der Waals surface area (Å²) in [6.45, 7) is -2.00. The minimum atomic E-state index is -3.14. The number of ketones is 1. The van der Waals surface area contributed by atoms with Crippen molar-refractivity contribution >= 4 is 21.7 Å². The third-order valence-electron chi connectivity index (χ3n) is 1.64. The Kier molecular flexibility index (Phi) is 3.73. The third-order valence-corrected chi connectivity index (χ3v) is 2.26. The number of Topliss-reactive ketones (excluding diaryl/α,β-unsaturated/α-hetero) is 1. The largest absolute Gasteiger partial charge is 0.430 e. The van der Waals surface area contributed by atoms with Gasteiger partial charge in [0.15, 0.2) is 17.3 Å². The van der Waals surface area contributed by atoms with Crippen LogP contribution in [0.25, 0.3) is 0 Å². The molecule has 1 rings (SSSR count). The van der Waals surface area contributed by atoms with Gasteiger partial charge >= 0.3 is 6.61 Å². The average Bonchev–Trinajstić information content (AvgIpc) is 2.11. The van der Waals surface area contributed by atoms with Gasteiger partial charge in [-0.1, -0.05) is 0 Å². The zero-order valence-corrected chi connectivity index (χ0v) is 9.15. The van der Waals surface area contributed by atoms with E-state index in [1.54, 1.807) is 0 Å². The van der Waals surface area contributed by atoms with Gasteiger partial charge in [0, 0.05) is 0 Å². The Hall–Kier alpha value is -1.04. The zero-order chi connectivity index (χ0) is 11.6. The van der Waals surface area contributed by atoms with Crippen molar-refractivity contribution in [3.63, 3.8) is 0 Å². The lowest BCUT2D eigenvalue weighted by Crippen LogP contribution is -2.07. The lowest BCUT2D eigenvalue weighted by atomic mass is 10.1. The topological polar surface area (TPSA) is 26.3 Å². The van der Waals surface area contributed by atoms with E-state index < -0.39 is 24.0 Å². The number of hydrogen-bond donors (Lipinski definition) is 0. The fourth-order valence-corrected chi connectivity index (χ4v) is 1.40. The average molecular weight is 283 g/mol. The molecule has 0 heterocycles. The van der Waals surface area contributed by atoms with Crippen LogP contribution in [0.1, 0.15) is 17.3 Å². The molecule has 1 aromatic rings. The van der Waals surface area contributed by atoms with Gasteiger partial charge in [0.05, 0.1) is 10.0 Å². The van der Waals surface area contributed by atoms with Crippen molar-refractivity contribution in [2.24, 2.45) is 0 Å². The Morgan fingerprint density at radius 3 is 2.53 bits per heavy atom. The molecule has 0 radical (unpaired) electrons. The van der Waals surface area contributed by atoms with Crippen molar-refractivity contribution in [3.05, 3.63) is 28.0 Å². The van der Waals surface area contributed by atoms with Gasteiger partial charge in [-0.2, -0.15) is 8.78 Å². The van der Waals surface area contributed by atoms with Crippen LogP contribution in [0.3, 0.4) is 0 Å². The van der Waals surface area contributed by atoms with Crippen LogP contribution in [0.5, 0.6) is 5.75 Å². The molecule has 15 heavy (non-hydrogen) atoms. The third kappa shape index (κ3) is 2.71. The minimum Gasteiger partial charge on any atom is -0.430 e. The number of rotatable bonds is 3. The highest BCUT2D eigenvalue weighted by Gasteiger charge is 2.19. The molecule has 0 saturated carbocycles. The van der Waals surface area contributed by atoms with Crippen molar-refractivity contribution in [1.82, 2.24) is 0 Å². The maximum absolute atomic E-state index is 13.4. The molecule has 82 valence electrons. The van der Waals surface area contributed by atoms with E-state index in [0.29, 0.717) is 0 Å². The number of halogens is 4. The molecule has 0 saturated heterocycles. The molecule has 0 atom stereocenters. The van der Waals surface area contributed by atoms with E-state index in [1.165, 1.54) is 12.1 Å². The second kappa shape index (κ2) is 4.65. The minimum absolute atomic E-state index is 0.0327. The summed E-state index contributed by atoms with van der Waals surface area (Å²) >= 11 is 2.85. The fraction of sp³-hybridized carbons (Fsp3) is 0.222. The first-order valence-electron chi connectivity index (χ1n) is 3.87. The van der Waals surface area contributed by atoms with Crippen LogP contribution in [-0.2, 0) is 0 Å². The summed E-state index contributed by atoms with van der Waals surface area (Å²) in [5, 5.41) is 0. The molecule has 0 unspecified atom stereocenters. The molecule has 0 fully saturated rings. The van der Waals surface area contributed by atoms with Crippen LogP contribution < -0.4 is 4.74 Å². The summed E-state index contributed by atoms with van der Waals surface area (Å²) < 4.78 is 41.3. The number of alkyl halides is 2. The predicted octanol–water partition coefficient (Wildman–Crippen LogP) is 3.39. The van der Waals surface area contributed by atoms with Gasteiger partial charge in [-0.25, -0.2) is 4.39 Å². The van der Waals surface area contributed by atoms with E-state index in [2.05, 4.69) is 20.7 Å². The highest BCUT2D eigenvalue weighted by Crippen LogP contribution is 2.31. The van der Waals surface area contributed by atoms with Crippen LogP contribution in [0, 0.1) is 5.82 Å². The smallest absolute Gasteiger partial charge is 0.387 e. The molecule has 2 nitrogen and oxygen atoms in total. The Balaban J connectivity index is 3.24. The van der Waals surface area contributed by atoms with Gasteiger partial charge in [-0.3, -0.25) is 4.79 Å². The van der Waals surface area contributed by atoms with E-state index in [1.807, 2.05) is 0 Å². The maximum atomic E-state index is 13.4. The second-order valence-corrected chi connectivity index (χ2v) is 3.53. The molecule has 0 spiro atoms. The molecule has 6 heteroatoms. The summed E-state index contributed by atoms with van der Waals surface area (Å²) in [6, 6.07) is 2.47. The Labute approximate surface area is 92.2 Å². The summed E-state index contributed by atoms with van der Waals surface area (Å²) in [4.78, 5) is 10.9. The van der Waals surface area contributed by atoms with Crippen molar-refractivity contribution < 1.29 is 22.7 Å². The van der Waals surface area contributed by atoms with Gasteiger partial charge in [0.1, 0.15) is 0 Å². The highest BCUT2D eigenvalue weighted by molar-refractivity contribution is 9.10. The normalized spacial score (nSPS) is 10.5. The van der Waals surface area contributed by atoms with Gasteiger partial charge < -0.3 is 4.74 Å². The van der Waals surface area contributed by atoms with Crippen molar-refractivity contribution in [1.29, 1.82) is 0 Å². The molecule has 1 aromatic carbocycles. The standard InChI is InChI=1S/C9H6BrF3O2/c1-4(14)5-2-3-6(10)8(7(5)11)15-9(12)13/h2-3,9H,1H3. The number of carbonyl (C=O) groups excluding carboxylic acids is 1. The van der Waals surface area contributed by atoms with Crippen LogP contribution in [-0.4, -0.2) is 12.4 Å². The molecule has 0 aromatic heterocycles. The molecular formula is C9H6BrF3O2. The molecule has 0 bridgehead atoms. The molecule has 0 aliphatic carbocycles. The SMILES string of the molecule is CC(=O)c1ccc(Br)c(OC(F)F)c1F. The van der Waals surface area contributed by atoms with Gasteiger partial charge in [0.25, 0.3) is 0 Å². The Morgan fingerprint density at radius 2 is 2.07 bits per heavy atom. The number of ether oxygens (including phenoxy) is 1. The summed E-state index contributed by atoms with van der Waals surface area (Å²) in [5.41, 5.74) is -0.283. The van der Waals surface area contributed by atoms with E-state index in [9.17, 15) is 18.0 Å². The number of carbonyl (C=O) groups is 1. The number of benzene rings is 1. The fourth-order valence-electron chi connectivity index (χ4n) is 1.00. The first kappa shape index (κ1) is 12.0. The second-order valence-electron chi connectivity index (χ2n) is 2.67. The van der Waals surface area contributed by atoms with Gasteiger partial charge in [-0.05, 0) is 35.0 Å². The lowest BCUT2D eigenvalue weighted by Gasteiger charge is -2.09. The van der Waals surface area contributed by atoms with Crippen LogP contribution in [0.15, 0.2) is 16.6 Å². The molecule has 0 aliphatic rings. The Morgan fingerprint density at radius 1 is 1.47 bits per heavy atom. The monoisotopic (exact) mass is 282 g/mol. The van der Waals surface area contributed by atoms with Crippen LogP contribution in [0.2, 0.25) is 0 Å². The van der Waals surface area contributed by atoms with E-state index in [-0.39, 0.29) is 10.0 Å². The lowest BCUT2D eigenvalue weighted by molar-refractivity contribution is -0.0528. The molecular weight excluding hydrogens is 277 g/mol. The first-order valence-corrected chi connectivity index (χ1v) is 4.66. The molecule has 0 N–H and O–H groups in total.